The molecule has 3 rings (SSSR count). The van der Waals surface area contributed by atoms with Gasteiger partial charge in [-0.05, 0) is 33.6 Å². The number of alkyl carbamates (subject to hydrolysis) is 1. The highest BCUT2D eigenvalue weighted by atomic mass is 32.2. The van der Waals surface area contributed by atoms with Crippen molar-refractivity contribution >= 4 is 40.1 Å². The van der Waals surface area contributed by atoms with Gasteiger partial charge >= 0.3 is 6.09 Å². The molecule has 0 aromatic carbocycles. The number of fused-ring (bicyclic) bond motifs is 1. The predicted octanol–water partition coefficient (Wildman–Crippen LogP) is 2.50. The molecular formula is C19H26N4O4S2. The Bertz CT molecular complexity index is 926. The van der Waals surface area contributed by atoms with E-state index in [1.165, 1.54) is 33.6 Å². The molecule has 0 radical (unpaired) electrons. The molecule has 2 aromatic rings. The fourth-order valence-electron chi connectivity index (χ4n) is 3.04. The van der Waals surface area contributed by atoms with Crippen LogP contribution in [0.2, 0.25) is 0 Å². The van der Waals surface area contributed by atoms with Crippen molar-refractivity contribution in [2.24, 2.45) is 0 Å². The summed E-state index contributed by atoms with van der Waals surface area (Å²) in [5, 5.41) is 4.70. The molecule has 8 nitrogen and oxygen atoms in total. The first-order valence-corrected chi connectivity index (χ1v) is 11.6. The third-order valence-corrected chi connectivity index (χ3v) is 6.11. The molecular weight excluding hydrogens is 412 g/mol. The van der Waals surface area contributed by atoms with Gasteiger partial charge in [0.05, 0.1) is 11.4 Å². The molecule has 0 atom stereocenters. The number of hydrogen-bond acceptors (Lipinski definition) is 7. The van der Waals surface area contributed by atoms with Crippen molar-refractivity contribution in [3.63, 3.8) is 0 Å². The number of hydrogen-bond donors (Lipinski definition) is 1. The number of aromatic nitrogens is 2. The lowest BCUT2D eigenvalue weighted by molar-refractivity contribution is -0.129. The Morgan fingerprint density at radius 2 is 2.07 bits per heavy atom. The van der Waals surface area contributed by atoms with Gasteiger partial charge in [-0.15, -0.1) is 23.1 Å². The minimum atomic E-state index is -0.521. The van der Waals surface area contributed by atoms with Crippen molar-refractivity contribution < 1.29 is 14.3 Å². The second kappa shape index (κ2) is 9.17. The monoisotopic (exact) mass is 438 g/mol. The summed E-state index contributed by atoms with van der Waals surface area (Å²) in [6.45, 7) is 6.71. The van der Waals surface area contributed by atoms with Crippen molar-refractivity contribution in [3.8, 4) is 0 Å². The van der Waals surface area contributed by atoms with Gasteiger partial charge in [-0.1, -0.05) is 0 Å². The van der Waals surface area contributed by atoms with Crippen LogP contribution in [0.25, 0.3) is 4.96 Å². The van der Waals surface area contributed by atoms with Gasteiger partial charge in [-0.3, -0.25) is 14.0 Å². The summed E-state index contributed by atoms with van der Waals surface area (Å²) in [7, 11) is 0. The minimum Gasteiger partial charge on any atom is -0.444 e. The number of thiazole rings is 1. The Balaban J connectivity index is 1.40. The molecule has 1 aliphatic heterocycles. The van der Waals surface area contributed by atoms with Crippen LogP contribution in [0.4, 0.5) is 4.79 Å². The summed E-state index contributed by atoms with van der Waals surface area (Å²) in [4.78, 5) is 43.2. The maximum absolute atomic E-state index is 12.5. The van der Waals surface area contributed by atoms with Crippen molar-refractivity contribution in [3.05, 3.63) is 33.7 Å². The SMILES string of the molecule is CC(C)(C)OC(=O)NC1CCN(C(=O)CSCc2cc(=O)n3ccsc3n2)CC1. The Kier molecular flexibility index (Phi) is 6.84. The van der Waals surface area contributed by atoms with Gasteiger partial charge < -0.3 is 15.0 Å². The molecule has 29 heavy (non-hydrogen) atoms. The van der Waals surface area contributed by atoms with Crippen molar-refractivity contribution in [2.75, 3.05) is 18.8 Å². The molecule has 3 heterocycles. The first-order valence-electron chi connectivity index (χ1n) is 9.52. The fourth-order valence-corrected chi connectivity index (χ4v) is 4.60. The van der Waals surface area contributed by atoms with E-state index < -0.39 is 11.7 Å². The average Bonchev–Trinajstić information content (AvgIpc) is 3.10. The molecule has 1 saturated heterocycles. The lowest BCUT2D eigenvalue weighted by Gasteiger charge is -2.32. The highest BCUT2D eigenvalue weighted by Crippen LogP contribution is 2.16. The maximum atomic E-state index is 12.5. The Morgan fingerprint density at radius 1 is 1.34 bits per heavy atom. The van der Waals surface area contributed by atoms with Crippen LogP contribution in [0.5, 0.6) is 0 Å². The topological polar surface area (TPSA) is 93.0 Å². The van der Waals surface area contributed by atoms with Crippen LogP contribution in [-0.4, -0.2) is 56.8 Å². The smallest absolute Gasteiger partial charge is 0.407 e. The van der Waals surface area contributed by atoms with Gasteiger partial charge in [0.2, 0.25) is 5.91 Å². The Morgan fingerprint density at radius 3 is 2.76 bits per heavy atom. The van der Waals surface area contributed by atoms with Gasteiger partial charge in [-0.25, -0.2) is 9.78 Å². The molecule has 0 aliphatic carbocycles. The molecule has 2 amide bonds. The number of thioether (sulfide) groups is 1. The summed E-state index contributed by atoms with van der Waals surface area (Å²) in [5.74, 6) is 0.932. The predicted molar refractivity (Wildman–Crippen MR) is 114 cm³/mol. The lowest BCUT2D eigenvalue weighted by Crippen LogP contribution is -2.48. The zero-order valence-corrected chi connectivity index (χ0v) is 18.5. The second-order valence-electron chi connectivity index (χ2n) is 7.94. The molecule has 1 N–H and O–H groups in total. The summed E-state index contributed by atoms with van der Waals surface area (Å²) in [6, 6.07) is 1.54. The molecule has 1 aliphatic rings. The van der Waals surface area contributed by atoms with E-state index in [2.05, 4.69) is 10.3 Å². The third kappa shape index (κ3) is 6.20. The normalized spacial score (nSPS) is 15.5. The molecule has 0 saturated carbocycles. The van der Waals surface area contributed by atoms with Crippen LogP contribution in [0.15, 0.2) is 22.4 Å². The van der Waals surface area contributed by atoms with Gasteiger partial charge in [0.1, 0.15) is 5.60 Å². The second-order valence-corrected chi connectivity index (χ2v) is 9.79. The van der Waals surface area contributed by atoms with Crippen molar-refractivity contribution in [1.29, 1.82) is 0 Å². The van der Waals surface area contributed by atoms with Gasteiger partial charge in [0.25, 0.3) is 5.56 Å². The molecule has 158 valence electrons. The van der Waals surface area contributed by atoms with E-state index in [0.717, 1.165) is 0 Å². The average molecular weight is 439 g/mol. The van der Waals surface area contributed by atoms with Crippen LogP contribution >= 0.6 is 23.1 Å². The zero-order chi connectivity index (χ0) is 21.0. The number of ether oxygens (including phenoxy) is 1. The highest BCUT2D eigenvalue weighted by molar-refractivity contribution is 7.99. The van der Waals surface area contributed by atoms with Crippen molar-refractivity contribution in [1.82, 2.24) is 19.6 Å². The van der Waals surface area contributed by atoms with E-state index in [-0.39, 0.29) is 17.5 Å². The van der Waals surface area contributed by atoms with E-state index in [4.69, 9.17) is 4.74 Å². The van der Waals surface area contributed by atoms with E-state index in [9.17, 15) is 14.4 Å². The molecule has 0 unspecified atom stereocenters. The molecule has 2 aromatic heterocycles. The molecule has 10 heteroatoms. The first-order chi connectivity index (χ1) is 13.7. The van der Waals surface area contributed by atoms with E-state index in [1.54, 1.807) is 6.20 Å². The summed E-state index contributed by atoms with van der Waals surface area (Å²) in [5.41, 5.74) is 0.0696. The number of piperidine rings is 1. The zero-order valence-electron chi connectivity index (χ0n) is 16.8. The number of amides is 2. The Labute approximate surface area is 177 Å². The van der Waals surface area contributed by atoms with E-state index in [1.807, 2.05) is 31.1 Å². The van der Waals surface area contributed by atoms with Crippen LogP contribution in [-0.2, 0) is 15.3 Å². The number of nitrogens with one attached hydrogen (secondary N) is 1. The van der Waals surface area contributed by atoms with Gasteiger partial charge in [0.15, 0.2) is 4.96 Å². The summed E-state index contributed by atoms with van der Waals surface area (Å²) < 4.78 is 6.79. The molecule has 0 bridgehead atoms. The van der Waals surface area contributed by atoms with Crippen molar-refractivity contribution in [2.45, 2.75) is 51.0 Å². The van der Waals surface area contributed by atoms with Crippen LogP contribution in [0, 0.1) is 0 Å². The minimum absolute atomic E-state index is 0.0243. The third-order valence-electron chi connectivity index (χ3n) is 4.40. The molecule has 1 fully saturated rings. The molecule has 0 spiro atoms. The first kappa shape index (κ1) is 21.6. The van der Waals surface area contributed by atoms with Crippen LogP contribution in [0.1, 0.15) is 39.3 Å². The number of likely N-dealkylation sites (tertiary alicyclic amines) is 1. The Hall–Kier alpha value is -2.07. The van der Waals surface area contributed by atoms with Crippen LogP contribution < -0.4 is 10.9 Å². The van der Waals surface area contributed by atoms with Crippen LogP contribution in [0.3, 0.4) is 0 Å². The summed E-state index contributed by atoms with van der Waals surface area (Å²) in [6.07, 6.45) is 2.72. The highest BCUT2D eigenvalue weighted by Gasteiger charge is 2.25. The lowest BCUT2D eigenvalue weighted by atomic mass is 10.1. The number of carbonyl (C=O) groups excluding carboxylic acids is 2. The number of nitrogens with zero attached hydrogens (tertiary/aromatic N) is 3. The van der Waals surface area contributed by atoms with E-state index >= 15 is 0 Å². The van der Waals surface area contributed by atoms with Gasteiger partial charge in [0, 0.05) is 42.5 Å². The quantitative estimate of drug-likeness (QED) is 0.771. The summed E-state index contributed by atoms with van der Waals surface area (Å²) >= 11 is 2.87. The number of carbonyl (C=O) groups is 2. The van der Waals surface area contributed by atoms with E-state index in [0.29, 0.717) is 48.1 Å². The number of rotatable bonds is 5. The maximum Gasteiger partial charge on any atom is 0.407 e. The fraction of sp³-hybridized carbons (Fsp3) is 0.579. The standard InChI is InChI=1S/C19H26N4O4S2/c1-19(2,3)27-18(26)21-13-4-6-22(7-5-13)16(25)12-28-11-14-10-15(24)23-8-9-29-17(23)20-14/h8-10,13H,4-7,11-12H2,1-3H3,(H,21,26). The largest absolute Gasteiger partial charge is 0.444 e. The van der Waals surface area contributed by atoms with Gasteiger partial charge in [-0.2, -0.15) is 0 Å².